The summed E-state index contributed by atoms with van der Waals surface area (Å²) >= 11 is 5.66. The summed E-state index contributed by atoms with van der Waals surface area (Å²) in [5.74, 6) is -0.638. The van der Waals surface area contributed by atoms with Crippen molar-refractivity contribution in [2.24, 2.45) is 0 Å². The van der Waals surface area contributed by atoms with Gasteiger partial charge in [-0.15, -0.1) is 0 Å². The molecule has 0 aromatic heterocycles. The van der Waals surface area contributed by atoms with Gasteiger partial charge < -0.3 is 5.11 Å². The predicted octanol–water partition coefficient (Wildman–Crippen LogP) is 1.17. The van der Waals surface area contributed by atoms with Crippen LogP contribution in [0.2, 0.25) is 5.02 Å². The van der Waals surface area contributed by atoms with Crippen LogP contribution in [0, 0.1) is 5.82 Å². The Bertz CT molecular complexity index is 597. The van der Waals surface area contributed by atoms with E-state index in [1.54, 1.807) is 0 Å². The van der Waals surface area contributed by atoms with Crippen molar-refractivity contribution >= 4 is 21.6 Å². The van der Waals surface area contributed by atoms with Crippen molar-refractivity contribution in [3.05, 3.63) is 29.0 Å². The molecule has 1 aromatic carbocycles. The lowest BCUT2D eigenvalue weighted by molar-refractivity contribution is 0.202. The monoisotopic (exact) mass is 336 g/mol. The van der Waals surface area contributed by atoms with E-state index < -0.39 is 15.8 Å². The van der Waals surface area contributed by atoms with Crippen LogP contribution in [0.15, 0.2) is 23.1 Å². The molecule has 1 aliphatic rings. The fraction of sp³-hybridized carbons (Fsp3) is 0.538. The first-order valence-electron chi connectivity index (χ1n) is 6.73. The number of benzene rings is 1. The van der Waals surface area contributed by atoms with Crippen LogP contribution in [0.25, 0.3) is 0 Å². The SMILES string of the molecule is O=S(=O)(c1ccc(F)c(Cl)c1)N1CCCN(CCO)CC1. The summed E-state index contributed by atoms with van der Waals surface area (Å²) in [7, 11) is -3.67. The normalized spacial score (nSPS) is 18.6. The Labute approximate surface area is 129 Å². The third kappa shape index (κ3) is 3.92. The smallest absolute Gasteiger partial charge is 0.243 e. The summed E-state index contributed by atoms with van der Waals surface area (Å²) in [6.07, 6.45) is 0.689. The first-order chi connectivity index (χ1) is 9.95. The maximum Gasteiger partial charge on any atom is 0.243 e. The van der Waals surface area contributed by atoms with Crippen molar-refractivity contribution in [2.75, 3.05) is 39.3 Å². The molecule has 21 heavy (non-hydrogen) atoms. The third-order valence-electron chi connectivity index (χ3n) is 3.49. The van der Waals surface area contributed by atoms with Crippen molar-refractivity contribution in [1.29, 1.82) is 0 Å². The lowest BCUT2D eigenvalue weighted by Crippen LogP contribution is -2.35. The first-order valence-corrected chi connectivity index (χ1v) is 8.55. The highest BCUT2D eigenvalue weighted by molar-refractivity contribution is 7.89. The largest absolute Gasteiger partial charge is 0.395 e. The molecule has 2 rings (SSSR count). The van der Waals surface area contributed by atoms with Crippen LogP contribution in [-0.4, -0.2) is 62.1 Å². The summed E-state index contributed by atoms with van der Waals surface area (Å²) in [4.78, 5) is 2.03. The molecule has 0 spiro atoms. The van der Waals surface area contributed by atoms with E-state index in [9.17, 15) is 12.8 Å². The highest BCUT2D eigenvalue weighted by Gasteiger charge is 2.27. The van der Waals surface area contributed by atoms with E-state index in [2.05, 4.69) is 0 Å². The average molecular weight is 337 g/mol. The highest BCUT2D eigenvalue weighted by atomic mass is 35.5. The maximum atomic E-state index is 13.2. The molecular formula is C13H18ClFN2O3S. The number of aliphatic hydroxyl groups is 1. The lowest BCUT2D eigenvalue weighted by Gasteiger charge is -2.21. The van der Waals surface area contributed by atoms with E-state index in [4.69, 9.17) is 16.7 Å². The fourth-order valence-corrected chi connectivity index (χ4v) is 4.08. The quantitative estimate of drug-likeness (QED) is 0.896. The van der Waals surface area contributed by atoms with Gasteiger partial charge in [-0.2, -0.15) is 4.31 Å². The van der Waals surface area contributed by atoms with Gasteiger partial charge >= 0.3 is 0 Å². The second kappa shape index (κ2) is 7.02. The van der Waals surface area contributed by atoms with E-state index in [1.165, 1.54) is 10.4 Å². The van der Waals surface area contributed by atoms with Gasteiger partial charge in [0.2, 0.25) is 10.0 Å². The Morgan fingerprint density at radius 2 is 2.00 bits per heavy atom. The van der Waals surface area contributed by atoms with E-state index in [1.807, 2.05) is 4.90 Å². The van der Waals surface area contributed by atoms with Gasteiger partial charge in [0.25, 0.3) is 0 Å². The molecule has 0 unspecified atom stereocenters. The Morgan fingerprint density at radius 3 is 2.67 bits per heavy atom. The number of aliphatic hydroxyl groups excluding tert-OH is 1. The van der Waals surface area contributed by atoms with E-state index >= 15 is 0 Å². The molecule has 0 radical (unpaired) electrons. The van der Waals surface area contributed by atoms with Gasteiger partial charge in [0, 0.05) is 26.2 Å². The molecule has 8 heteroatoms. The van der Waals surface area contributed by atoms with Crippen molar-refractivity contribution in [3.63, 3.8) is 0 Å². The Morgan fingerprint density at radius 1 is 1.24 bits per heavy atom. The van der Waals surface area contributed by atoms with E-state index in [0.717, 1.165) is 18.7 Å². The lowest BCUT2D eigenvalue weighted by atomic mass is 10.3. The molecular weight excluding hydrogens is 319 g/mol. The molecule has 0 atom stereocenters. The number of hydrogen-bond acceptors (Lipinski definition) is 4. The van der Waals surface area contributed by atoms with Gasteiger partial charge in [-0.05, 0) is 31.2 Å². The second-order valence-electron chi connectivity index (χ2n) is 4.90. The molecule has 1 saturated heterocycles. The molecule has 0 saturated carbocycles. The summed E-state index contributed by atoms with van der Waals surface area (Å²) in [5.41, 5.74) is 0. The van der Waals surface area contributed by atoms with Gasteiger partial charge in [-0.25, -0.2) is 12.8 Å². The minimum atomic E-state index is -3.67. The molecule has 0 amide bonds. The van der Waals surface area contributed by atoms with Crippen molar-refractivity contribution < 1.29 is 17.9 Å². The number of rotatable bonds is 4. The number of hydrogen-bond donors (Lipinski definition) is 1. The Hall–Kier alpha value is -0.730. The van der Waals surface area contributed by atoms with Crippen LogP contribution in [0.1, 0.15) is 6.42 Å². The van der Waals surface area contributed by atoms with Crippen LogP contribution in [0.3, 0.4) is 0 Å². The fourth-order valence-electron chi connectivity index (χ4n) is 2.34. The van der Waals surface area contributed by atoms with Gasteiger partial charge in [-0.3, -0.25) is 4.90 Å². The standard InChI is InChI=1S/C13H18ClFN2O3S/c14-12-10-11(2-3-13(12)15)21(19,20)17-5-1-4-16(6-7-17)8-9-18/h2-3,10,18H,1,4-9H2. The molecule has 1 aliphatic heterocycles. The summed E-state index contributed by atoms with van der Waals surface area (Å²) in [6, 6.07) is 3.43. The van der Waals surface area contributed by atoms with Crippen molar-refractivity contribution in [1.82, 2.24) is 9.21 Å². The predicted molar refractivity (Wildman–Crippen MR) is 78.3 cm³/mol. The number of β-amino-alcohol motifs (C(OH)–C–C–N with tert-alkyl or cyclic N) is 1. The summed E-state index contributed by atoms with van der Waals surface area (Å²) in [5, 5.41) is 8.75. The van der Waals surface area contributed by atoms with Crippen LogP contribution in [-0.2, 0) is 10.0 Å². The van der Waals surface area contributed by atoms with E-state index in [-0.39, 0.29) is 16.5 Å². The molecule has 1 N–H and O–H groups in total. The summed E-state index contributed by atoms with van der Waals surface area (Å²) in [6.45, 7) is 2.65. The number of nitrogens with zero attached hydrogens (tertiary/aromatic N) is 2. The number of halogens is 2. The van der Waals surface area contributed by atoms with Gasteiger partial charge in [0.1, 0.15) is 5.82 Å². The molecule has 5 nitrogen and oxygen atoms in total. The topological polar surface area (TPSA) is 60.9 Å². The zero-order valence-corrected chi connectivity index (χ0v) is 13.1. The van der Waals surface area contributed by atoms with Gasteiger partial charge in [-0.1, -0.05) is 11.6 Å². The molecule has 1 aromatic rings. The zero-order chi connectivity index (χ0) is 15.5. The van der Waals surface area contributed by atoms with Crippen LogP contribution < -0.4 is 0 Å². The maximum absolute atomic E-state index is 13.2. The van der Waals surface area contributed by atoms with Crippen molar-refractivity contribution in [2.45, 2.75) is 11.3 Å². The molecule has 0 bridgehead atoms. The third-order valence-corrected chi connectivity index (χ3v) is 5.68. The minimum Gasteiger partial charge on any atom is -0.395 e. The molecule has 118 valence electrons. The van der Waals surface area contributed by atoms with Crippen molar-refractivity contribution in [3.8, 4) is 0 Å². The number of sulfonamides is 1. The zero-order valence-electron chi connectivity index (χ0n) is 11.5. The Balaban J connectivity index is 2.17. The van der Waals surface area contributed by atoms with Gasteiger partial charge in [0.05, 0.1) is 16.5 Å². The first kappa shape index (κ1) is 16.6. The molecule has 1 fully saturated rings. The Kier molecular flexibility index (Phi) is 5.56. The van der Waals surface area contributed by atoms with Crippen LogP contribution >= 0.6 is 11.6 Å². The van der Waals surface area contributed by atoms with Crippen LogP contribution in [0.5, 0.6) is 0 Å². The minimum absolute atomic E-state index is 0.00417. The highest BCUT2D eigenvalue weighted by Crippen LogP contribution is 2.23. The average Bonchev–Trinajstić information content (AvgIpc) is 2.68. The molecule has 1 heterocycles. The van der Waals surface area contributed by atoms with Gasteiger partial charge in [0.15, 0.2) is 0 Å². The second-order valence-corrected chi connectivity index (χ2v) is 7.24. The summed E-state index contributed by atoms with van der Waals surface area (Å²) < 4.78 is 39.6. The van der Waals surface area contributed by atoms with Crippen LogP contribution in [0.4, 0.5) is 4.39 Å². The van der Waals surface area contributed by atoms with E-state index in [0.29, 0.717) is 32.6 Å². The molecule has 0 aliphatic carbocycles.